The third-order valence-electron chi connectivity index (χ3n) is 3.06. The summed E-state index contributed by atoms with van der Waals surface area (Å²) in [7, 11) is 0. The lowest BCUT2D eigenvalue weighted by Gasteiger charge is -2.10. The minimum atomic E-state index is 0.422. The summed E-state index contributed by atoms with van der Waals surface area (Å²) in [6, 6.07) is 6.13. The Bertz CT molecular complexity index is 571. The molecule has 2 rings (SSSR count). The second-order valence-electron chi connectivity index (χ2n) is 4.73. The Morgan fingerprint density at radius 1 is 1.33 bits per heavy atom. The average molecular weight is 353 g/mol. The number of rotatable bonds is 8. The molecule has 0 aliphatic carbocycles. The van der Waals surface area contributed by atoms with E-state index in [9.17, 15) is 0 Å². The highest BCUT2D eigenvalue weighted by Gasteiger charge is 2.07. The number of nitrogens with one attached hydrogen (secondary N) is 1. The van der Waals surface area contributed by atoms with Gasteiger partial charge >= 0.3 is 0 Å². The predicted molar refractivity (Wildman–Crippen MR) is 86.2 cm³/mol. The number of aryl methyl sites for hydroxylation is 1. The highest BCUT2D eigenvalue weighted by atomic mass is 79.9. The van der Waals surface area contributed by atoms with E-state index in [1.54, 1.807) is 6.33 Å². The topological polar surface area (TPSA) is 52.0 Å². The first-order chi connectivity index (χ1) is 10.2. The van der Waals surface area contributed by atoms with Gasteiger partial charge in [-0.05, 0) is 46.6 Å². The summed E-state index contributed by atoms with van der Waals surface area (Å²) < 4.78 is 8.68. The smallest absolute Gasteiger partial charge is 0.164 e. The molecule has 1 aromatic carbocycles. The second-order valence-corrected chi connectivity index (χ2v) is 5.59. The van der Waals surface area contributed by atoms with Gasteiger partial charge in [-0.25, -0.2) is 9.67 Å². The van der Waals surface area contributed by atoms with Crippen molar-refractivity contribution in [2.45, 2.75) is 40.0 Å². The number of benzene rings is 1. The monoisotopic (exact) mass is 352 g/mol. The average Bonchev–Trinajstić information content (AvgIpc) is 2.92. The first kappa shape index (κ1) is 16.0. The van der Waals surface area contributed by atoms with Crippen LogP contribution in [0.1, 0.15) is 31.7 Å². The summed E-state index contributed by atoms with van der Waals surface area (Å²) in [4.78, 5) is 4.24. The number of aromatic nitrogens is 3. The maximum Gasteiger partial charge on any atom is 0.164 e. The van der Waals surface area contributed by atoms with Crippen molar-refractivity contribution in [1.29, 1.82) is 0 Å². The normalized spacial score (nSPS) is 10.8. The minimum Gasteiger partial charge on any atom is -0.484 e. The maximum absolute atomic E-state index is 5.84. The molecule has 114 valence electrons. The van der Waals surface area contributed by atoms with E-state index in [1.165, 1.54) is 5.56 Å². The zero-order chi connectivity index (χ0) is 15.1. The van der Waals surface area contributed by atoms with Crippen LogP contribution in [0.4, 0.5) is 0 Å². The van der Waals surface area contributed by atoms with E-state index < -0.39 is 0 Å². The molecule has 6 heteroatoms. The Kier molecular flexibility index (Phi) is 6.20. The summed E-state index contributed by atoms with van der Waals surface area (Å²) in [5.74, 6) is 1.67. The van der Waals surface area contributed by atoms with Gasteiger partial charge in [-0.3, -0.25) is 0 Å². The molecular formula is C15H21BrN4O. The van der Waals surface area contributed by atoms with Gasteiger partial charge < -0.3 is 10.1 Å². The molecule has 0 amide bonds. The molecule has 0 saturated carbocycles. The van der Waals surface area contributed by atoms with E-state index in [2.05, 4.69) is 57.3 Å². The van der Waals surface area contributed by atoms with Crippen molar-refractivity contribution in [2.75, 3.05) is 6.54 Å². The molecule has 5 nitrogen and oxygen atoms in total. The van der Waals surface area contributed by atoms with Crippen LogP contribution in [0.3, 0.4) is 0 Å². The van der Waals surface area contributed by atoms with Crippen LogP contribution in [-0.2, 0) is 19.7 Å². The zero-order valence-electron chi connectivity index (χ0n) is 12.5. The maximum atomic E-state index is 5.84. The zero-order valence-corrected chi connectivity index (χ0v) is 14.1. The Labute approximate surface area is 133 Å². The van der Waals surface area contributed by atoms with Gasteiger partial charge in [0.2, 0.25) is 0 Å². The fraction of sp³-hybridized carbons (Fsp3) is 0.467. The van der Waals surface area contributed by atoms with Crippen molar-refractivity contribution in [3.8, 4) is 5.75 Å². The molecular weight excluding hydrogens is 332 g/mol. The largest absolute Gasteiger partial charge is 0.484 e. The van der Waals surface area contributed by atoms with Gasteiger partial charge in [0.15, 0.2) is 5.82 Å². The van der Waals surface area contributed by atoms with Crippen LogP contribution in [0.2, 0.25) is 0 Å². The summed E-state index contributed by atoms with van der Waals surface area (Å²) in [6.07, 6.45) is 2.60. The molecule has 1 N–H and O–H groups in total. The van der Waals surface area contributed by atoms with Gasteiger partial charge in [-0.1, -0.05) is 19.9 Å². The number of nitrogens with zero attached hydrogens (tertiary/aromatic N) is 3. The van der Waals surface area contributed by atoms with E-state index in [-0.39, 0.29) is 0 Å². The molecule has 0 spiro atoms. The minimum absolute atomic E-state index is 0.422. The van der Waals surface area contributed by atoms with E-state index in [0.29, 0.717) is 6.61 Å². The summed E-state index contributed by atoms with van der Waals surface area (Å²) >= 11 is 3.56. The lowest BCUT2D eigenvalue weighted by atomic mass is 10.2. The van der Waals surface area contributed by atoms with Crippen LogP contribution in [-0.4, -0.2) is 21.3 Å². The van der Waals surface area contributed by atoms with Crippen molar-refractivity contribution < 1.29 is 4.74 Å². The van der Waals surface area contributed by atoms with Crippen molar-refractivity contribution in [1.82, 2.24) is 20.1 Å². The molecule has 1 heterocycles. The van der Waals surface area contributed by atoms with Crippen molar-refractivity contribution in [3.05, 3.63) is 40.4 Å². The standard InChI is InChI=1S/C15H21BrN4O/c1-3-7-20-15(18-11-19-20)10-21-14-6-5-12(8-13(14)16)9-17-4-2/h5-6,8,11,17H,3-4,7,9-10H2,1-2H3. The molecule has 0 aliphatic heterocycles. The summed E-state index contributed by atoms with van der Waals surface area (Å²) in [5, 5.41) is 7.50. The number of hydrogen-bond donors (Lipinski definition) is 1. The Hall–Kier alpha value is -1.40. The molecule has 0 bridgehead atoms. The molecule has 0 unspecified atom stereocenters. The van der Waals surface area contributed by atoms with Gasteiger partial charge in [0.05, 0.1) is 4.47 Å². The molecule has 0 fully saturated rings. The molecule has 21 heavy (non-hydrogen) atoms. The SMILES string of the molecule is CCCn1ncnc1COc1ccc(CNCC)cc1Br. The highest BCUT2D eigenvalue weighted by molar-refractivity contribution is 9.10. The predicted octanol–water partition coefficient (Wildman–Crippen LogP) is 3.14. The van der Waals surface area contributed by atoms with Gasteiger partial charge in [0.1, 0.15) is 18.7 Å². The van der Waals surface area contributed by atoms with E-state index in [4.69, 9.17) is 4.74 Å². The van der Waals surface area contributed by atoms with Gasteiger partial charge in [-0.2, -0.15) is 5.10 Å². The van der Waals surface area contributed by atoms with Crippen LogP contribution < -0.4 is 10.1 Å². The second kappa shape index (κ2) is 8.14. The highest BCUT2D eigenvalue weighted by Crippen LogP contribution is 2.26. The molecule has 2 aromatic rings. The number of halogens is 1. The van der Waals surface area contributed by atoms with Crippen LogP contribution in [0.25, 0.3) is 0 Å². The third kappa shape index (κ3) is 4.54. The quantitative estimate of drug-likeness (QED) is 0.792. The number of ether oxygens (including phenoxy) is 1. The van der Waals surface area contributed by atoms with Gasteiger partial charge in [0, 0.05) is 13.1 Å². The van der Waals surface area contributed by atoms with Crippen molar-refractivity contribution in [3.63, 3.8) is 0 Å². The molecule has 0 atom stereocenters. The molecule has 0 saturated heterocycles. The third-order valence-corrected chi connectivity index (χ3v) is 3.68. The van der Waals surface area contributed by atoms with Gasteiger partial charge in [0.25, 0.3) is 0 Å². The molecule has 1 aromatic heterocycles. The fourth-order valence-corrected chi connectivity index (χ4v) is 2.52. The summed E-state index contributed by atoms with van der Waals surface area (Å²) in [5.41, 5.74) is 1.23. The Balaban J connectivity index is 1.98. The van der Waals surface area contributed by atoms with Crippen LogP contribution in [0.15, 0.2) is 29.0 Å². The summed E-state index contributed by atoms with van der Waals surface area (Å²) in [6.45, 7) is 7.32. The molecule has 0 radical (unpaired) electrons. The van der Waals surface area contributed by atoms with Gasteiger partial charge in [-0.15, -0.1) is 0 Å². The lowest BCUT2D eigenvalue weighted by Crippen LogP contribution is -2.11. The van der Waals surface area contributed by atoms with Crippen LogP contribution >= 0.6 is 15.9 Å². The van der Waals surface area contributed by atoms with Crippen LogP contribution in [0.5, 0.6) is 5.75 Å². The van der Waals surface area contributed by atoms with Crippen molar-refractivity contribution >= 4 is 15.9 Å². The Morgan fingerprint density at radius 3 is 2.90 bits per heavy atom. The first-order valence-corrected chi connectivity index (χ1v) is 8.02. The first-order valence-electron chi connectivity index (χ1n) is 7.23. The lowest BCUT2D eigenvalue weighted by molar-refractivity contribution is 0.284. The molecule has 0 aliphatic rings. The van der Waals surface area contributed by atoms with Crippen molar-refractivity contribution in [2.24, 2.45) is 0 Å². The van der Waals surface area contributed by atoms with E-state index >= 15 is 0 Å². The fourth-order valence-electron chi connectivity index (χ4n) is 1.98. The van der Waals surface area contributed by atoms with E-state index in [1.807, 2.05) is 10.7 Å². The number of hydrogen-bond acceptors (Lipinski definition) is 4. The van der Waals surface area contributed by atoms with E-state index in [0.717, 1.165) is 42.1 Å². The van der Waals surface area contributed by atoms with Crippen LogP contribution in [0, 0.1) is 0 Å². The Morgan fingerprint density at radius 2 is 2.19 bits per heavy atom.